The van der Waals surface area contributed by atoms with Crippen LogP contribution in [0, 0.1) is 23.5 Å². The number of allylic oxidation sites excluding steroid dienone is 1. The molecule has 0 atom stereocenters. The molecule has 1 aromatic rings. The van der Waals surface area contributed by atoms with Gasteiger partial charge in [0.15, 0.2) is 0 Å². The average molecular weight is 346 g/mol. The van der Waals surface area contributed by atoms with Crippen molar-refractivity contribution in [1.82, 2.24) is 0 Å². The molecule has 0 bridgehead atoms. The van der Waals surface area contributed by atoms with Crippen LogP contribution in [0.25, 0.3) is 0 Å². The standard InChI is InChI=1S/C19H23F5/c1-2-3-4-13-5-7-14(8-6-13)9-10-15-11-16(20)18(17(21)12-15)19(22,23)24/h2,11-14H,1,3-10H2. The second-order valence-corrected chi connectivity index (χ2v) is 6.72. The van der Waals surface area contributed by atoms with Gasteiger partial charge in [-0.2, -0.15) is 13.2 Å². The van der Waals surface area contributed by atoms with E-state index < -0.39 is 23.4 Å². The SMILES string of the molecule is C=CCCC1CCC(CCc2cc(F)c(C(F)(F)F)c(F)c2)CC1. The number of aryl methyl sites for hydroxylation is 1. The second kappa shape index (κ2) is 8.13. The highest BCUT2D eigenvalue weighted by molar-refractivity contribution is 5.28. The Hall–Kier alpha value is -1.39. The van der Waals surface area contributed by atoms with Gasteiger partial charge in [0, 0.05) is 0 Å². The van der Waals surface area contributed by atoms with Crippen LogP contribution in [0.1, 0.15) is 56.1 Å². The molecule has 0 nitrogen and oxygen atoms in total. The first kappa shape index (κ1) is 18.9. The molecule has 0 spiro atoms. The van der Waals surface area contributed by atoms with Crippen LogP contribution in [0.4, 0.5) is 22.0 Å². The molecule has 0 aromatic heterocycles. The van der Waals surface area contributed by atoms with Crippen LogP contribution >= 0.6 is 0 Å². The average Bonchev–Trinajstić information content (AvgIpc) is 2.50. The van der Waals surface area contributed by atoms with E-state index in [1.807, 2.05) is 6.08 Å². The molecule has 1 saturated carbocycles. The van der Waals surface area contributed by atoms with Gasteiger partial charge in [0.1, 0.15) is 17.2 Å². The van der Waals surface area contributed by atoms with E-state index >= 15 is 0 Å². The Labute approximate surface area is 139 Å². The van der Waals surface area contributed by atoms with Crippen molar-refractivity contribution in [3.63, 3.8) is 0 Å². The summed E-state index contributed by atoms with van der Waals surface area (Å²) in [5, 5.41) is 0. The Morgan fingerprint density at radius 1 is 0.958 bits per heavy atom. The smallest absolute Gasteiger partial charge is 0.206 e. The van der Waals surface area contributed by atoms with Gasteiger partial charge in [-0.3, -0.25) is 0 Å². The van der Waals surface area contributed by atoms with Gasteiger partial charge in [-0.15, -0.1) is 6.58 Å². The molecule has 0 amide bonds. The molecule has 2 rings (SSSR count). The fourth-order valence-electron chi connectivity index (χ4n) is 3.57. The van der Waals surface area contributed by atoms with Crippen molar-refractivity contribution in [2.45, 2.75) is 57.5 Å². The van der Waals surface area contributed by atoms with E-state index in [-0.39, 0.29) is 0 Å². The summed E-state index contributed by atoms with van der Waals surface area (Å²) in [7, 11) is 0. The molecule has 0 unspecified atom stereocenters. The van der Waals surface area contributed by atoms with Gasteiger partial charge >= 0.3 is 6.18 Å². The minimum atomic E-state index is -5.00. The summed E-state index contributed by atoms with van der Waals surface area (Å²) in [5.41, 5.74) is -1.50. The molecule has 1 aromatic carbocycles. The number of hydrogen-bond acceptors (Lipinski definition) is 0. The first-order chi connectivity index (χ1) is 11.3. The van der Waals surface area contributed by atoms with Crippen molar-refractivity contribution < 1.29 is 22.0 Å². The molecule has 24 heavy (non-hydrogen) atoms. The molecular formula is C19H23F5. The molecule has 0 N–H and O–H groups in total. The zero-order chi connectivity index (χ0) is 17.7. The van der Waals surface area contributed by atoms with Gasteiger partial charge in [0.05, 0.1) is 0 Å². The lowest BCUT2D eigenvalue weighted by molar-refractivity contribution is -0.142. The maximum absolute atomic E-state index is 13.6. The molecular weight excluding hydrogens is 323 g/mol. The third kappa shape index (κ3) is 5.05. The summed E-state index contributed by atoms with van der Waals surface area (Å²) in [6, 6.07) is 1.64. The van der Waals surface area contributed by atoms with E-state index in [1.165, 1.54) is 0 Å². The Bertz CT molecular complexity index is 530. The van der Waals surface area contributed by atoms with E-state index in [0.29, 0.717) is 17.9 Å². The Kier molecular flexibility index (Phi) is 6.41. The topological polar surface area (TPSA) is 0 Å². The number of alkyl halides is 3. The van der Waals surface area contributed by atoms with E-state index in [9.17, 15) is 22.0 Å². The van der Waals surface area contributed by atoms with E-state index in [1.54, 1.807) is 0 Å². The predicted molar refractivity (Wildman–Crippen MR) is 84.6 cm³/mol. The lowest BCUT2D eigenvalue weighted by Crippen LogP contribution is -2.15. The van der Waals surface area contributed by atoms with Crippen molar-refractivity contribution >= 4 is 0 Å². The van der Waals surface area contributed by atoms with Crippen molar-refractivity contribution in [3.05, 3.63) is 47.5 Å². The zero-order valence-electron chi connectivity index (χ0n) is 13.6. The van der Waals surface area contributed by atoms with Gasteiger partial charge in [-0.25, -0.2) is 8.78 Å². The minimum Gasteiger partial charge on any atom is -0.206 e. The lowest BCUT2D eigenvalue weighted by Gasteiger charge is -2.28. The van der Waals surface area contributed by atoms with E-state index in [4.69, 9.17) is 0 Å². The van der Waals surface area contributed by atoms with Crippen LogP contribution in [0.2, 0.25) is 0 Å². The normalized spacial score (nSPS) is 21.7. The van der Waals surface area contributed by atoms with Crippen LogP contribution in [0.15, 0.2) is 24.8 Å². The monoisotopic (exact) mass is 346 g/mol. The van der Waals surface area contributed by atoms with Gasteiger partial charge < -0.3 is 0 Å². The summed E-state index contributed by atoms with van der Waals surface area (Å²) in [6.45, 7) is 3.73. The zero-order valence-corrected chi connectivity index (χ0v) is 13.6. The van der Waals surface area contributed by atoms with Gasteiger partial charge in [-0.1, -0.05) is 31.8 Å². The molecule has 1 aliphatic rings. The number of halogens is 5. The molecule has 5 heteroatoms. The summed E-state index contributed by atoms with van der Waals surface area (Å²) >= 11 is 0. The lowest BCUT2D eigenvalue weighted by atomic mass is 9.78. The fourth-order valence-corrected chi connectivity index (χ4v) is 3.57. The number of rotatable bonds is 6. The molecule has 0 saturated heterocycles. The summed E-state index contributed by atoms with van der Waals surface area (Å²) in [6.07, 6.45) is 4.73. The Balaban J connectivity index is 1.88. The first-order valence-corrected chi connectivity index (χ1v) is 8.47. The summed E-state index contributed by atoms with van der Waals surface area (Å²) in [5.74, 6) is -1.84. The van der Waals surface area contributed by atoms with E-state index in [2.05, 4.69) is 6.58 Å². The highest BCUT2D eigenvalue weighted by Crippen LogP contribution is 2.36. The molecule has 0 aliphatic heterocycles. The van der Waals surface area contributed by atoms with Crippen LogP contribution in [-0.4, -0.2) is 0 Å². The second-order valence-electron chi connectivity index (χ2n) is 6.72. The van der Waals surface area contributed by atoms with Crippen LogP contribution in [0.3, 0.4) is 0 Å². The highest BCUT2D eigenvalue weighted by atomic mass is 19.4. The van der Waals surface area contributed by atoms with Crippen molar-refractivity contribution in [3.8, 4) is 0 Å². The predicted octanol–water partition coefficient (Wildman–Crippen LogP) is 6.69. The largest absolute Gasteiger partial charge is 0.422 e. The van der Waals surface area contributed by atoms with Gasteiger partial charge in [0.25, 0.3) is 0 Å². The third-order valence-electron chi connectivity index (χ3n) is 4.97. The van der Waals surface area contributed by atoms with Gasteiger partial charge in [0.2, 0.25) is 0 Å². The van der Waals surface area contributed by atoms with Crippen LogP contribution < -0.4 is 0 Å². The van der Waals surface area contributed by atoms with Crippen molar-refractivity contribution in [2.75, 3.05) is 0 Å². The minimum absolute atomic E-state index is 0.298. The molecule has 1 fully saturated rings. The number of hydrogen-bond donors (Lipinski definition) is 0. The van der Waals surface area contributed by atoms with Crippen molar-refractivity contribution in [1.29, 1.82) is 0 Å². The highest BCUT2D eigenvalue weighted by Gasteiger charge is 2.37. The maximum Gasteiger partial charge on any atom is 0.422 e. The molecule has 134 valence electrons. The summed E-state index contributed by atoms with van der Waals surface area (Å²) in [4.78, 5) is 0. The molecule has 0 radical (unpaired) electrons. The van der Waals surface area contributed by atoms with Crippen molar-refractivity contribution in [2.24, 2.45) is 11.8 Å². The summed E-state index contributed by atoms with van der Waals surface area (Å²) < 4.78 is 64.8. The quantitative estimate of drug-likeness (QED) is 0.398. The van der Waals surface area contributed by atoms with Crippen LogP contribution in [0.5, 0.6) is 0 Å². The molecule has 0 heterocycles. The maximum atomic E-state index is 13.6. The van der Waals surface area contributed by atoms with E-state index in [0.717, 1.165) is 63.0 Å². The fraction of sp³-hybridized carbons (Fsp3) is 0.579. The Morgan fingerprint density at radius 2 is 1.46 bits per heavy atom. The Morgan fingerprint density at radius 3 is 1.92 bits per heavy atom. The van der Waals surface area contributed by atoms with Crippen LogP contribution in [-0.2, 0) is 12.6 Å². The third-order valence-corrected chi connectivity index (χ3v) is 4.97. The molecule has 1 aliphatic carbocycles. The number of benzene rings is 1. The first-order valence-electron chi connectivity index (χ1n) is 8.47. The van der Waals surface area contributed by atoms with Gasteiger partial charge in [-0.05, 0) is 55.2 Å².